The first-order chi connectivity index (χ1) is 9.22. The molecule has 19 heavy (non-hydrogen) atoms. The molecule has 2 N–H and O–H groups in total. The van der Waals surface area contributed by atoms with Crippen LogP contribution in [-0.2, 0) is 6.54 Å². The van der Waals surface area contributed by atoms with E-state index in [9.17, 15) is 0 Å². The predicted molar refractivity (Wildman–Crippen MR) is 78.8 cm³/mol. The molecule has 1 spiro atoms. The molecule has 2 aliphatic rings. The number of rotatable bonds is 2. The summed E-state index contributed by atoms with van der Waals surface area (Å²) in [5.41, 5.74) is 7.67. The van der Waals surface area contributed by atoms with Crippen LogP contribution in [0.25, 0.3) is 0 Å². The van der Waals surface area contributed by atoms with Crippen LogP contribution in [0.3, 0.4) is 0 Å². The van der Waals surface area contributed by atoms with E-state index in [0.29, 0.717) is 5.92 Å². The lowest BCUT2D eigenvalue weighted by atomic mass is 9.73. The van der Waals surface area contributed by atoms with Crippen molar-refractivity contribution in [1.82, 2.24) is 4.90 Å². The normalized spacial score (nSPS) is 30.7. The Labute approximate surface area is 115 Å². The summed E-state index contributed by atoms with van der Waals surface area (Å²) in [5, 5.41) is 0. The summed E-state index contributed by atoms with van der Waals surface area (Å²) in [6.07, 6.45) is 5.18. The molecule has 0 amide bonds. The zero-order valence-electron chi connectivity index (χ0n) is 11.7. The van der Waals surface area contributed by atoms with Gasteiger partial charge in [-0.15, -0.1) is 0 Å². The van der Waals surface area contributed by atoms with E-state index < -0.39 is 0 Å². The topological polar surface area (TPSA) is 41.6 Å². The van der Waals surface area contributed by atoms with Gasteiger partial charge in [0.2, 0.25) is 0 Å². The highest BCUT2D eigenvalue weighted by Gasteiger charge is 2.47. The van der Waals surface area contributed by atoms with E-state index in [0.717, 1.165) is 19.0 Å². The first-order valence-electron chi connectivity index (χ1n) is 7.34. The molecule has 2 unspecified atom stereocenters. The van der Waals surface area contributed by atoms with Crippen molar-refractivity contribution in [3.8, 4) is 0 Å². The fourth-order valence-electron chi connectivity index (χ4n) is 3.65. The second-order valence-corrected chi connectivity index (χ2v) is 6.00. The molecule has 3 heteroatoms. The maximum atomic E-state index is 6.17. The van der Waals surface area contributed by atoms with E-state index in [4.69, 9.17) is 5.73 Å². The second kappa shape index (κ2) is 4.87. The van der Waals surface area contributed by atoms with E-state index in [-0.39, 0.29) is 5.54 Å². The van der Waals surface area contributed by atoms with Crippen LogP contribution in [0.2, 0.25) is 0 Å². The van der Waals surface area contributed by atoms with Crippen molar-refractivity contribution in [1.29, 1.82) is 0 Å². The van der Waals surface area contributed by atoms with Gasteiger partial charge in [0, 0.05) is 6.54 Å². The third-order valence-corrected chi connectivity index (χ3v) is 4.93. The van der Waals surface area contributed by atoms with E-state index in [2.05, 4.69) is 47.1 Å². The number of hydrogen-bond donors (Lipinski definition) is 1. The number of guanidine groups is 1. The summed E-state index contributed by atoms with van der Waals surface area (Å²) in [7, 11) is 0. The summed E-state index contributed by atoms with van der Waals surface area (Å²) in [6, 6.07) is 10.6. The van der Waals surface area contributed by atoms with Gasteiger partial charge in [-0.2, -0.15) is 0 Å². The van der Waals surface area contributed by atoms with Crippen LogP contribution in [0.4, 0.5) is 0 Å². The lowest BCUT2D eigenvalue weighted by Crippen LogP contribution is -2.56. The largest absolute Gasteiger partial charge is 0.370 e. The Balaban J connectivity index is 1.86. The van der Waals surface area contributed by atoms with Gasteiger partial charge in [-0.1, -0.05) is 50.1 Å². The molecule has 3 rings (SSSR count). The highest BCUT2D eigenvalue weighted by molar-refractivity contribution is 5.81. The Kier molecular flexibility index (Phi) is 3.21. The Hall–Kier alpha value is -1.51. The summed E-state index contributed by atoms with van der Waals surface area (Å²) < 4.78 is 0. The Morgan fingerprint density at radius 2 is 2.11 bits per heavy atom. The molecule has 102 valence electrons. The maximum Gasteiger partial charge on any atom is 0.192 e. The molecule has 1 aliphatic carbocycles. The summed E-state index contributed by atoms with van der Waals surface area (Å²) in [6.45, 7) is 4.14. The molecule has 0 aromatic heterocycles. The third-order valence-electron chi connectivity index (χ3n) is 4.93. The lowest BCUT2D eigenvalue weighted by molar-refractivity contribution is 0.0778. The van der Waals surface area contributed by atoms with Crippen molar-refractivity contribution in [3.63, 3.8) is 0 Å². The fourth-order valence-corrected chi connectivity index (χ4v) is 3.65. The summed E-state index contributed by atoms with van der Waals surface area (Å²) in [4.78, 5) is 6.93. The highest BCUT2D eigenvalue weighted by atomic mass is 15.4. The Bertz CT molecular complexity index is 468. The molecule has 3 nitrogen and oxygen atoms in total. The molecule has 1 fully saturated rings. The smallest absolute Gasteiger partial charge is 0.192 e. The van der Waals surface area contributed by atoms with Gasteiger partial charge in [0.05, 0.1) is 12.1 Å². The molecule has 0 saturated heterocycles. The van der Waals surface area contributed by atoms with Crippen LogP contribution >= 0.6 is 0 Å². The first kappa shape index (κ1) is 12.5. The second-order valence-electron chi connectivity index (χ2n) is 6.00. The van der Waals surface area contributed by atoms with Gasteiger partial charge in [-0.25, -0.2) is 0 Å². The number of hydrogen-bond acceptors (Lipinski definition) is 3. The van der Waals surface area contributed by atoms with Gasteiger partial charge in [-0.3, -0.25) is 4.99 Å². The van der Waals surface area contributed by atoms with Crippen LogP contribution in [0, 0.1) is 5.92 Å². The minimum Gasteiger partial charge on any atom is -0.370 e. The van der Waals surface area contributed by atoms with Crippen molar-refractivity contribution < 1.29 is 0 Å². The van der Waals surface area contributed by atoms with Gasteiger partial charge < -0.3 is 10.6 Å². The molecule has 2 atom stereocenters. The number of benzene rings is 1. The monoisotopic (exact) mass is 257 g/mol. The quantitative estimate of drug-likeness (QED) is 0.885. The average molecular weight is 257 g/mol. The average Bonchev–Trinajstić information content (AvgIpc) is 2.74. The molecule has 1 saturated carbocycles. The molecular weight excluding hydrogens is 234 g/mol. The van der Waals surface area contributed by atoms with E-state index in [1.807, 2.05) is 0 Å². The van der Waals surface area contributed by atoms with Crippen molar-refractivity contribution >= 4 is 5.96 Å². The van der Waals surface area contributed by atoms with Crippen molar-refractivity contribution in [2.75, 3.05) is 6.54 Å². The number of nitrogens with zero attached hydrogens (tertiary/aromatic N) is 2. The van der Waals surface area contributed by atoms with Gasteiger partial charge in [0.25, 0.3) is 0 Å². The highest BCUT2D eigenvalue weighted by Crippen LogP contribution is 2.41. The molecule has 0 bridgehead atoms. The van der Waals surface area contributed by atoms with Gasteiger partial charge >= 0.3 is 0 Å². The summed E-state index contributed by atoms with van der Waals surface area (Å²) >= 11 is 0. The van der Waals surface area contributed by atoms with E-state index >= 15 is 0 Å². The van der Waals surface area contributed by atoms with Crippen LogP contribution in [0.1, 0.15) is 38.2 Å². The zero-order valence-corrected chi connectivity index (χ0v) is 11.7. The molecule has 1 aromatic carbocycles. The fraction of sp³-hybridized carbons (Fsp3) is 0.562. The van der Waals surface area contributed by atoms with Crippen molar-refractivity contribution in [3.05, 3.63) is 35.9 Å². The predicted octanol–water partition coefficient (Wildman–Crippen LogP) is 2.77. The van der Waals surface area contributed by atoms with Gasteiger partial charge in [0.15, 0.2) is 5.96 Å². The van der Waals surface area contributed by atoms with Crippen LogP contribution in [-0.4, -0.2) is 22.9 Å². The SMILES string of the molecule is CC1CCCCC12CN=C(N)N2Cc1ccccc1. The zero-order chi connectivity index (χ0) is 13.3. The number of nitrogens with two attached hydrogens (primary N) is 1. The first-order valence-corrected chi connectivity index (χ1v) is 7.34. The van der Waals surface area contributed by atoms with Crippen LogP contribution in [0.15, 0.2) is 35.3 Å². The Morgan fingerprint density at radius 3 is 2.84 bits per heavy atom. The van der Waals surface area contributed by atoms with Crippen LogP contribution in [0.5, 0.6) is 0 Å². The maximum absolute atomic E-state index is 6.17. The Morgan fingerprint density at radius 1 is 1.32 bits per heavy atom. The van der Waals surface area contributed by atoms with Crippen LogP contribution < -0.4 is 5.73 Å². The van der Waals surface area contributed by atoms with Gasteiger partial charge in [0.1, 0.15) is 0 Å². The number of aliphatic imine (C=N–C) groups is 1. The van der Waals surface area contributed by atoms with E-state index in [1.54, 1.807) is 0 Å². The van der Waals surface area contributed by atoms with E-state index in [1.165, 1.54) is 31.2 Å². The van der Waals surface area contributed by atoms with Gasteiger partial charge in [-0.05, 0) is 24.3 Å². The third kappa shape index (κ3) is 2.11. The van der Waals surface area contributed by atoms with Crippen molar-refractivity contribution in [2.45, 2.75) is 44.7 Å². The molecule has 0 radical (unpaired) electrons. The lowest BCUT2D eigenvalue weighted by Gasteiger charge is -2.46. The molecular formula is C16H23N3. The molecule has 1 heterocycles. The standard InChI is InChI=1S/C16H23N3/c1-13-7-5-6-10-16(13)12-18-15(17)19(16)11-14-8-3-2-4-9-14/h2-4,8-9,13H,5-7,10-12H2,1H3,(H2,17,18). The molecule has 1 aliphatic heterocycles. The minimum atomic E-state index is 0.179. The summed E-state index contributed by atoms with van der Waals surface area (Å²) in [5.74, 6) is 1.41. The minimum absolute atomic E-state index is 0.179. The molecule has 1 aromatic rings. The van der Waals surface area contributed by atoms with Crippen molar-refractivity contribution in [2.24, 2.45) is 16.6 Å².